The summed E-state index contributed by atoms with van der Waals surface area (Å²) in [5.41, 5.74) is 1.18. The molecule has 1 heterocycles. The fourth-order valence-electron chi connectivity index (χ4n) is 4.15. The molecule has 1 saturated carbocycles. The molecule has 0 aromatic heterocycles. The number of fused-ring (bicyclic) bond motifs is 1. The molecule has 3 rings (SSSR count). The Morgan fingerprint density at radius 3 is 2.71 bits per heavy atom. The van der Waals surface area contributed by atoms with Crippen molar-refractivity contribution in [1.82, 2.24) is 5.32 Å². The monoisotopic (exact) mass is 287 g/mol. The van der Waals surface area contributed by atoms with E-state index in [0.717, 1.165) is 12.0 Å². The fraction of sp³-hybridized carbons (Fsp3) is 0.611. The quantitative estimate of drug-likeness (QED) is 0.865. The molecule has 1 aromatic carbocycles. The second-order valence-electron chi connectivity index (χ2n) is 6.64. The Hall–Kier alpha value is -1.35. The van der Waals surface area contributed by atoms with Crippen molar-refractivity contribution in [1.29, 1.82) is 0 Å². The van der Waals surface area contributed by atoms with Gasteiger partial charge >= 0.3 is 0 Å². The van der Waals surface area contributed by atoms with Crippen molar-refractivity contribution in [3.05, 3.63) is 35.9 Å². The summed E-state index contributed by atoms with van der Waals surface area (Å²) < 4.78 is 0. The van der Waals surface area contributed by atoms with Gasteiger partial charge in [0.1, 0.15) is 0 Å². The average Bonchev–Trinajstić information content (AvgIpc) is 2.54. The van der Waals surface area contributed by atoms with E-state index < -0.39 is 0 Å². The van der Waals surface area contributed by atoms with E-state index >= 15 is 0 Å². The van der Waals surface area contributed by atoms with Gasteiger partial charge < -0.3 is 10.2 Å². The van der Waals surface area contributed by atoms with Gasteiger partial charge in [-0.15, -0.1) is 0 Å². The first-order valence-corrected chi connectivity index (χ1v) is 8.48. The van der Waals surface area contributed by atoms with E-state index in [1.807, 2.05) is 18.2 Å². The lowest BCUT2D eigenvalue weighted by Gasteiger charge is -2.40. The van der Waals surface area contributed by atoms with Gasteiger partial charge in [0.05, 0.1) is 12.6 Å². The zero-order valence-electron chi connectivity index (χ0n) is 12.8. The number of hydrogen-bond acceptors (Lipinski definition) is 1. The highest BCUT2D eigenvalue weighted by atomic mass is 16.2. The van der Waals surface area contributed by atoms with Crippen molar-refractivity contribution in [2.45, 2.75) is 51.1 Å². The summed E-state index contributed by atoms with van der Waals surface area (Å²) in [5.74, 6) is 1.09. The van der Waals surface area contributed by atoms with Crippen molar-refractivity contribution < 1.29 is 9.69 Å². The second kappa shape index (κ2) is 7.08. The van der Waals surface area contributed by atoms with Crippen LogP contribution >= 0.6 is 0 Å². The van der Waals surface area contributed by atoms with Gasteiger partial charge in [-0.2, -0.15) is 0 Å². The van der Waals surface area contributed by atoms with Crippen molar-refractivity contribution in [2.24, 2.45) is 5.92 Å². The molecule has 0 radical (unpaired) electrons. The third-order valence-electron chi connectivity index (χ3n) is 5.23. The molecule has 0 bridgehead atoms. The standard InChI is InChI=1S/C18H26N2O/c21-18(19-13-15-7-2-1-3-8-15)14-20-12-6-10-16-9-4-5-11-17(16)20/h1-3,7-8,16-17H,4-6,9-14H2,(H,19,21)/p+1/t16-,17+/m1/s1. The van der Waals surface area contributed by atoms with Crippen LogP contribution in [0.2, 0.25) is 0 Å². The lowest BCUT2D eigenvalue weighted by atomic mass is 9.78. The Morgan fingerprint density at radius 2 is 1.86 bits per heavy atom. The number of carbonyl (C=O) groups is 1. The predicted octanol–water partition coefficient (Wildman–Crippen LogP) is 1.54. The van der Waals surface area contributed by atoms with Crippen LogP contribution in [0.4, 0.5) is 0 Å². The topological polar surface area (TPSA) is 33.5 Å². The maximum Gasteiger partial charge on any atom is 0.275 e. The molecule has 2 aliphatic rings. The molecule has 114 valence electrons. The molecule has 3 heteroatoms. The minimum atomic E-state index is 0.208. The summed E-state index contributed by atoms with van der Waals surface area (Å²) in [4.78, 5) is 13.8. The molecule has 3 nitrogen and oxygen atoms in total. The Bertz CT molecular complexity index is 458. The summed E-state index contributed by atoms with van der Waals surface area (Å²) in [5, 5.41) is 3.08. The van der Waals surface area contributed by atoms with Gasteiger partial charge in [0.15, 0.2) is 6.54 Å². The number of quaternary nitrogens is 1. The van der Waals surface area contributed by atoms with Crippen LogP contribution in [0.25, 0.3) is 0 Å². The van der Waals surface area contributed by atoms with E-state index in [-0.39, 0.29) is 5.91 Å². The average molecular weight is 287 g/mol. The number of benzene rings is 1. The number of likely N-dealkylation sites (tertiary alicyclic amines) is 1. The Kier molecular flexibility index (Phi) is 4.91. The lowest BCUT2D eigenvalue weighted by molar-refractivity contribution is -0.928. The Labute approximate surface area is 127 Å². The van der Waals surface area contributed by atoms with E-state index in [4.69, 9.17) is 0 Å². The first-order chi connectivity index (χ1) is 10.3. The van der Waals surface area contributed by atoms with Crippen LogP contribution in [0.5, 0.6) is 0 Å². The lowest BCUT2D eigenvalue weighted by Crippen LogP contribution is -3.18. The number of rotatable bonds is 4. The van der Waals surface area contributed by atoms with Crippen LogP contribution in [-0.4, -0.2) is 25.0 Å². The van der Waals surface area contributed by atoms with Gasteiger partial charge in [-0.3, -0.25) is 4.79 Å². The maximum atomic E-state index is 12.2. The van der Waals surface area contributed by atoms with Crippen LogP contribution in [0, 0.1) is 5.92 Å². The molecule has 1 unspecified atom stereocenters. The SMILES string of the molecule is O=C(C[NH+]1CCC[C@H]2CCCC[C@@H]21)NCc1ccccc1. The van der Waals surface area contributed by atoms with Crippen molar-refractivity contribution >= 4 is 5.91 Å². The molecule has 1 aromatic rings. The molecule has 2 N–H and O–H groups in total. The van der Waals surface area contributed by atoms with Gasteiger partial charge in [0.25, 0.3) is 5.91 Å². The molecule has 1 aliphatic carbocycles. The van der Waals surface area contributed by atoms with Gasteiger partial charge in [-0.25, -0.2) is 0 Å². The summed E-state index contributed by atoms with van der Waals surface area (Å²) in [7, 11) is 0. The summed E-state index contributed by atoms with van der Waals surface area (Å²) >= 11 is 0. The van der Waals surface area contributed by atoms with Crippen LogP contribution in [0.1, 0.15) is 44.1 Å². The molecule has 21 heavy (non-hydrogen) atoms. The molecule has 3 atom stereocenters. The van der Waals surface area contributed by atoms with Gasteiger partial charge in [-0.1, -0.05) is 36.8 Å². The fourth-order valence-corrected chi connectivity index (χ4v) is 4.15. The first kappa shape index (κ1) is 14.6. The van der Waals surface area contributed by atoms with E-state index in [0.29, 0.717) is 13.1 Å². The van der Waals surface area contributed by atoms with E-state index in [1.54, 1.807) is 0 Å². The molecule has 2 fully saturated rings. The van der Waals surface area contributed by atoms with E-state index in [9.17, 15) is 4.79 Å². The van der Waals surface area contributed by atoms with E-state index in [2.05, 4.69) is 17.4 Å². The van der Waals surface area contributed by atoms with Crippen LogP contribution < -0.4 is 10.2 Å². The van der Waals surface area contributed by atoms with E-state index in [1.165, 1.54) is 55.5 Å². The zero-order valence-corrected chi connectivity index (χ0v) is 12.8. The largest absolute Gasteiger partial charge is 0.347 e. The van der Waals surface area contributed by atoms with Crippen LogP contribution in [-0.2, 0) is 11.3 Å². The molecular weight excluding hydrogens is 260 g/mol. The second-order valence-corrected chi connectivity index (χ2v) is 6.64. The molecule has 1 amide bonds. The first-order valence-electron chi connectivity index (χ1n) is 8.48. The minimum Gasteiger partial charge on any atom is -0.347 e. The number of carbonyl (C=O) groups excluding carboxylic acids is 1. The highest BCUT2D eigenvalue weighted by molar-refractivity contribution is 5.76. The molecule has 0 spiro atoms. The normalized spacial score (nSPS) is 28.7. The number of nitrogens with one attached hydrogen (secondary N) is 2. The van der Waals surface area contributed by atoms with Crippen molar-refractivity contribution in [2.75, 3.05) is 13.1 Å². The minimum absolute atomic E-state index is 0.208. The van der Waals surface area contributed by atoms with Gasteiger partial charge in [0.2, 0.25) is 0 Å². The molecular formula is C18H27N2O+. The molecule has 1 aliphatic heterocycles. The number of amides is 1. The highest BCUT2D eigenvalue weighted by Gasteiger charge is 2.37. The molecule has 1 saturated heterocycles. The maximum absolute atomic E-state index is 12.2. The summed E-state index contributed by atoms with van der Waals surface area (Å²) in [6.45, 7) is 2.50. The number of piperidine rings is 1. The van der Waals surface area contributed by atoms with Gasteiger partial charge in [-0.05, 0) is 37.7 Å². The zero-order chi connectivity index (χ0) is 14.5. The third kappa shape index (κ3) is 3.85. The summed E-state index contributed by atoms with van der Waals surface area (Å²) in [6, 6.07) is 10.9. The highest BCUT2D eigenvalue weighted by Crippen LogP contribution is 2.28. The Balaban J connectivity index is 1.49. The Morgan fingerprint density at radius 1 is 1.10 bits per heavy atom. The predicted molar refractivity (Wildman–Crippen MR) is 84.0 cm³/mol. The van der Waals surface area contributed by atoms with Crippen molar-refractivity contribution in [3.63, 3.8) is 0 Å². The van der Waals surface area contributed by atoms with Gasteiger partial charge in [0, 0.05) is 12.5 Å². The summed E-state index contributed by atoms with van der Waals surface area (Å²) in [6.07, 6.45) is 8.15. The van der Waals surface area contributed by atoms with Crippen LogP contribution in [0.3, 0.4) is 0 Å². The smallest absolute Gasteiger partial charge is 0.275 e. The number of hydrogen-bond donors (Lipinski definition) is 2. The van der Waals surface area contributed by atoms with Crippen molar-refractivity contribution in [3.8, 4) is 0 Å². The van der Waals surface area contributed by atoms with Crippen LogP contribution in [0.15, 0.2) is 30.3 Å². The third-order valence-corrected chi connectivity index (χ3v) is 5.23.